The Morgan fingerprint density at radius 2 is 1.89 bits per heavy atom. The van der Waals surface area contributed by atoms with Crippen molar-refractivity contribution in [2.75, 3.05) is 0 Å². The van der Waals surface area contributed by atoms with Crippen molar-refractivity contribution < 1.29 is 0 Å². The number of nitrogens with two attached hydrogens (primary N) is 1. The van der Waals surface area contributed by atoms with Crippen LogP contribution in [-0.4, -0.2) is 15.0 Å². The van der Waals surface area contributed by atoms with E-state index in [1.807, 2.05) is 32.0 Å². The quantitative estimate of drug-likeness (QED) is 0.777. The lowest BCUT2D eigenvalue weighted by atomic mass is 10.2. The minimum Gasteiger partial charge on any atom is -0.323 e. The number of aromatic nitrogens is 3. The van der Waals surface area contributed by atoms with Crippen LogP contribution in [0.4, 0.5) is 0 Å². The number of thiazole rings is 1. The maximum Gasteiger partial charge on any atom is 0.123 e. The fourth-order valence-electron chi connectivity index (χ4n) is 2.05. The molecule has 0 radical (unpaired) electrons. The van der Waals surface area contributed by atoms with Crippen molar-refractivity contribution in [3.8, 4) is 10.6 Å². The highest BCUT2D eigenvalue weighted by molar-refractivity contribution is 7.15. The summed E-state index contributed by atoms with van der Waals surface area (Å²) >= 11 is 1.64. The van der Waals surface area contributed by atoms with E-state index in [0.717, 1.165) is 32.2 Å². The Balaban J connectivity index is 2.11. The smallest absolute Gasteiger partial charge is 0.123 e. The van der Waals surface area contributed by atoms with Gasteiger partial charge in [-0.3, -0.25) is 9.97 Å². The molecule has 1 unspecified atom stereocenters. The highest BCUT2D eigenvalue weighted by Crippen LogP contribution is 2.31. The molecule has 2 heterocycles. The molecule has 3 rings (SSSR count). The van der Waals surface area contributed by atoms with E-state index >= 15 is 0 Å². The van der Waals surface area contributed by atoms with E-state index in [1.165, 1.54) is 0 Å². The maximum atomic E-state index is 5.94. The molecule has 0 saturated carbocycles. The zero-order valence-corrected chi connectivity index (χ0v) is 11.6. The topological polar surface area (TPSA) is 64.7 Å². The summed E-state index contributed by atoms with van der Waals surface area (Å²) in [4.78, 5) is 14.3. The molecule has 19 heavy (non-hydrogen) atoms. The average Bonchev–Trinajstić information content (AvgIpc) is 2.80. The summed E-state index contributed by atoms with van der Waals surface area (Å²) in [6.45, 7) is 3.98. The molecule has 5 heteroatoms. The third-order valence-electron chi connectivity index (χ3n) is 2.96. The van der Waals surface area contributed by atoms with Gasteiger partial charge in [-0.2, -0.15) is 0 Å². The van der Waals surface area contributed by atoms with Crippen molar-refractivity contribution in [3.05, 3.63) is 41.2 Å². The molecule has 0 saturated heterocycles. The summed E-state index contributed by atoms with van der Waals surface area (Å²) in [6.07, 6.45) is 3.40. The number of hydrogen-bond acceptors (Lipinski definition) is 5. The Labute approximate surface area is 115 Å². The van der Waals surface area contributed by atoms with Gasteiger partial charge in [0.1, 0.15) is 5.01 Å². The minimum atomic E-state index is 0.0199. The predicted molar refractivity (Wildman–Crippen MR) is 78.0 cm³/mol. The van der Waals surface area contributed by atoms with Gasteiger partial charge in [0.25, 0.3) is 0 Å². The Morgan fingerprint density at radius 3 is 2.58 bits per heavy atom. The van der Waals surface area contributed by atoms with Crippen molar-refractivity contribution in [2.24, 2.45) is 5.73 Å². The maximum absolute atomic E-state index is 5.94. The Bertz CT molecular complexity index is 733. The van der Waals surface area contributed by atoms with Crippen LogP contribution in [0.1, 0.15) is 23.5 Å². The fraction of sp³-hybridized carbons (Fsp3) is 0.214. The van der Waals surface area contributed by atoms with E-state index in [0.29, 0.717) is 0 Å². The first-order chi connectivity index (χ1) is 9.15. The fourth-order valence-corrected chi connectivity index (χ4v) is 3.07. The van der Waals surface area contributed by atoms with Gasteiger partial charge in [0.05, 0.1) is 16.7 Å². The summed E-state index contributed by atoms with van der Waals surface area (Å²) in [5, 5.41) is 0.984. The van der Waals surface area contributed by atoms with Gasteiger partial charge in [-0.05, 0) is 32.0 Å². The van der Waals surface area contributed by atoms with E-state index in [-0.39, 0.29) is 6.04 Å². The molecule has 3 aromatic rings. The van der Waals surface area contributed by atoms with Crippen LogP contribution in [0.2, 0.25) is 0 Å². The highest BCUT2D eigenvalue weighted by atomic mass is 32.1. The van der Waals surface area contributed by atoms with Gasteiger partial charge < -0.3 is 5.73 Å². The lowest BCUT2D eigenvalue weighted by Crippen LogP contribution is -2.03. The first-order valence-electron chi connectivity index (χ1n) is 6.09. The molecule has 0 aliphatic heterocycles. The van der Waals surface area contributed by atoms with Crippen molar-refractivity contribution >= 4 is 22.4 Å². The van der Waals surface area contributed by atoms with Crippen LogP contribution in [0.3, 0.4) is 0 Å². The summed E-state index contributed by atoms with van der Waals surface area (Å²) in [6, 6.07) is 6.04. The van der Waals surface area contributed by atoms with Crippen molar-refractivity contribution in [3.63, 3.8) is 0 Å². The number of rotatable bonds is 2. The normalized spacial score (nSPS) is 12.8. The summed E-state index contributed by atoms with van der Waals surface area (Å²) in [7, 11) is 0. The van der Waals surface area contributed by atoms with Crippen molar-refractivity contribution in [2.45, 2.75) is 19.9 Å². The zero-order valence-electron chi connectivity index (χ0n) is 10.8. The minimum absolute atomic E-state index is 0.0199. The van der Waals surface area contributed by atoms with Crippen LogP contribution in [0.25, 0.3) is 21.6 Å². The Kier molecular flexibility index (Phi) is 3.00. The standard InChI is InChI=1S/C14H14N4S/c1-8(15)13-9(2)18-14(19-13)10-3-4-11-12(7-10)17-6-5-16-11/h3-8H,15H2,1-2H3. The molecular weight excluding hydrogens is 256 g/mol. The van der Waals surface area contributed by atoms with E-state index in [2.05, 4.69) is 15.0 Å². The van der Waals surface area contributed by atoms with E-state index in [4.69, 9.17) is 5.73 Å². The molecule has 0 spiro atoms. The van der Waals surface area contributed by atoms with Gasteiger partial charge >= 0.3 is 0 Å². The molecule has 2 N–H and O–H groups in total. The second kappa shape index (κ2) is 4.68. The molecule has 2 aromatic heterocycles. The van der Waals surface area contributed by atoms with Gasteiger partial charge in [-0.1, -0.05) is 0 Å². The first kappa shape index (κ1) is 12.2. The Morgan fingerprint density at radius 1 is 1.16 bits per heavy atom. The van der Waals surface area contributed by atoms with Gasteiger partial charge in [-0.15, -0.1) is 11.3 Å². The number of fused-ring (bicyclic) bond motifs is 1. The molecule has 1 aromatic carbocycles. The second-order valence-corrected chi connectivity index (χ2v) is 5.55. The van der Waals surface area contributed by atoms with Gasteiger partial charge in [0.15, 0.2) is 0 Å². The summed E-state index contributed by atoms with van der Waals surface area (Å²) in [5.74, 6) is 0. The zero-order chi connectivity index (χ0) is 13.4. The molecule has 1 atom stereocenters. The van der Waals surface area contributed by atoms with Crippen LogP contribution in [0, 0.1) is 6.92 Å². The lowest BCUT2D eigenvalue weighted by molar-refractivity contribution is 0.825. The van der Waals surface area contributed by atoms with E-state index in [1.54, 1.807) is 23.7 Å². The molecule has 0 bridgehead atoms. The SMILES string of the molecule is Cc1nc(-c2ccc3nccnc3c2)sc1C(C)N. The van der Waals surface area contributed by atoms with Gasteiger partial charge in [0, 0.05) is 28.9 Å². The highest BCUT2D eigenvalue weighted by Gasteiger charge is 2.12. The van der Waals surface area contributed by atoms with E-state index < -0.39 is 0 Å². The third-order valence-corrected chi connectivity index (χ3v) is 4.37. The third kappa shape index (κ3) is 2.22. The van der Waals surface area contributed by atoms with Crippen molar-refractivity contribution in [1.29, 1.82) is 0 Å². The summed E-state index contributed by atoms with van der Waals surface area (Å²) < 4.78 is 0. The molecular formula is C14H14N4S. The van der Waals surface area contributed by atoms with Crippen LogP contribution in [-0.2, 0) is 0 Å². The predicted octanol–water partition coefficient (Wildman–Crippen LogP) is 3.08. The molecule has 0 amide bonds. The van der Waals surface area contributed by atoms with Crippen LogP contribution in [0.15, 0.2) is 30.6 Å². The van der Waals surface area contributed by atoms with Gasteiger partial charge in [-0.25, -0.2) is 4.98 Å². The van der Waals surface area contributed by atoms with Crippen molar-refractivity contribution in [1.82, 2.24) is 15.0 Å². The van der Waals surface area contributed by atoms with Crippen LogP contribution < -0.4 is 5.73 Å². The molecule has 0 aliphatic rings. The monoisotopic (exact) mass is 270 g/mol. The number of nitrogens with zero attached hydrogens (tertiary/aromatic N) is 3. The van der Waals surface area contributed by atoms with Crippen LogP contribution in [0.5, 0.6) is 0 Å². The summed E-state index contributed by atoms with van der Waals surface area (Å²) in [5.41, 5.74) is 9.80. The largest absolute Gasteiger partial charge is 0.323 e. The molecule has 0 aliphatic carbocycles. The second-order valence-electron chi connectivity index (χ2n) is 4.52. The van der Waals surface area contributed by atoms with Crippen LogP contribution >= 0.6 is 11.3 Å². The average molecular weight is 270 g/mol. The first-order valence-corrected chi connectivity index (χ1v) is 6.91. The van der Waals surface area contributed by atoms with E-state index in [9.17, 15) is 0 Å². The Hall–Kier alpha value is -1.85. The number of hydrogen-bond donors (Lipinski definition) is 1. The lowest BCUT2D eigenvalue weighted by Gasteiger charge is -2.00. The van der Waals surface area contributed by atoms with Gasteiger partial charge in [0.2, 0.25) is 0 Å². The number of benzene rings is 1. The molecule has 96 valence electrons. The molecule has 0 fully saturated rings. The molecule has 4 nitrogen and oxygen atoms in total. The number of aryl methyl sites for hydroxylation is 1.